The van der Waals surface area contributed by atoms with Crippen LogP contribution in [0.4, 0.5) is 5.69 Å². The molecule has 0 atom stereocenters. The van der Waals surface area contributed by atoms with Crippen molar-refractivity contribution >= 4 is 17.6 Å². The van der Waals surface area contributed by atoms with Crippen molar-refractivity contribution < 1.29 is 24.0 Å². The minimum absolute atomic E-state index is 0.0864. The van der Waals surface area contributed by atoms with Gasteiger partial charge >= 0.3 is 5.97 Å². The van der Waals surface area contributed by atoms with Crippen LogP contribution in [0, 0.1) is 0 Å². The fourth-order valence-electron chi connectivity index (χ4n) is 2.19. The molecule has 1 heterocycles. The second-order valence-electron chi connectivity index (χ2n) is 5.91. The number of carboxylic acids is 1. The number of hydrogen-bond acceptors (Lipinski definition) is 6. The Morgan fingerprint density at radius 3 is 2.68 bits per heavy atom. The minimum Gasteiger partial charge on any atom is -0.478 e. The number of carbonyl (C=O) groups excluding carboxylic acids is 1. The number of aromatic nitrogens is 2. The Kier molecular flexibility index (Phi) is 6.24. The van der Waals surface area contributed by atoms with Crippen LogP contribution in [0.1, 0.15) is 53.8 Å². The lowest BCUT2D eigenvalue weighted by Crippen LogP contribution is -2.13. The molecule has 0 saturated heterocycles. The average Bonchev–Trinajstić information content (AvgIpc) is 3.02. The molecular weight excluding hydrogens is 326 g/mol. The van der Waals surface area contributed by atoms with Gasteiger partial charge in [0, 0.05) is 31.6 Å². The number of hydrogen-bond donors (Lipinski definition) is 2. The van der Waals surface area contributed by atoms with Gasteiger partial charge < -0.3 is 19.7 Å². The molecule has 1 aromatic carbocycles. The molecule has 8 heteroatoms. The molecule has 0 aliphatic rings. The highest BCUT2D eigenvalue weighted by Crippen LogP contribution is 2.17. The van der Waals surface area contributed by atoms with Crippen molar-refractivity contribution in [3.63, 3.8) is 0 Å². The molecule has 0 aliphatic carbocycles. The molecule has 0 radical (unpaired) electrons. The van der Waals surface area contributed by atoms with E-state index in [1.54, 1.807) is 6.07 Å². The van der Waals surface area contributed by atoms with Crippen molar-refractivity contribution in [2.75, 3.05) is 12.4 Å². The summed E-state index contributed by atoms with van der Waals surface area (Å²) in [5, 5.41) is 15.7. The van der Waals surface area contributed by atoms with Gasteiger partial charge in [0.1, 0.15) is 0 Å². The standard InChI is InChI=1S/C17H21N3O5/c1-10(2)16-19-15(25-20-16)5-4-14(21)18-13-7-11(9-24-3)6-12(8-13)17(22)23/h6-8,10H,4-5,9H2,1-3H3,(H,18,21)(H,22,23). The van der Waals surface area contributed by atoms with Crippen LogP contribution < -0.4 is 5.32 Å². The van der Waals surface area contributed by atoms with Crippen LogP contribution in [0.5, 0.6) is 0 Å². The molecule has 0 unspecified atom stereocenters. The zero-order chi connectivity index (χ0) is 18.4. The van der Waals surface area contributed by atoms with E-state index >= 15 is 0 Å². The molecule has 2 rings (SSSR count). The summed E-state index contributed by atoms with van der Waals surface area (Å²) in [4.78, 5) is 27.5. The van der Waals surface area contributed by atoms with Crippen LogP contribution in [0.3, 0.4) is 0 Å². The lowest BCUT2D eigenvalue weighted by molar-refractivity contribution is -0.116. The highest BCUT2D eigenvalue weighted by molar-refractivity contribution is 5.94. The molecule has 0 bridgehead atoms. The van der Waals surface area contributed by atoms with Gasteiger partial charge in [-0.15, -0.1) is 0 Å². The number of methoxy groups -OCH3 is 1. The highest BCUT2D eigenvalue weighted by Gasteiger charge is 2.13. The van der Waals surface area contributed by atoms with Gasteiger partial charge in [-0.2, -0.15) is 4.98 Å². The third kappa shape index (κ3) is 5.39. The fourth-order valence-corrected chi connectivity index (χ4v) is 2.19. The van der Waals surface area contributed by atoms with Gasteiger partial charge in [-0.25, -0.2) is 4.79 Å². The summed E-state index contributed by atoms with van der Waals surface area (Å²) in [6.45, 7) is 4.16. The molecule has 0 fully saturated rings. The van der Waals surface area contributed by atoms with Crippen LogP contribution in [-0.4, -0.2) is 34.2 Å². The maximum atomic E-state index is 12.1. The molecule has 8 nitrogen and oxygen atoms in total. The van der Waals surface area contributed by atoms with E-state index in [-0.39, 0.29) is 30.4 Å². The number of anilines is 1. The van der Waals surface area contributed by atoms with Gasteiger partial charge in [-0.1, -0.05) is 19.0 Å². The predicted octanol–water partition coefficient (Wildman–Crippen LogP) is 2.61. The van der Waals surface area contributed by atoms with Gasteiger partial charge in [-0.3, -0.25) is 4.79 Å². The van der Waals surface area contributed by atoms with E-state index in [1.807, 2.05) is 13.8 Å². The number of ether oxygens (including phenoxy) is 1. The number of aromatic carboxylic acids is 1. The van der Waals surface area contributed by atoms with Gasteiger partial charge in [0.05, 0.1) is 12.2 Å². The summed E-state index contributed by atoms with van der Waals surface area (Å²) in [6, 6.07) is 4.59. The Morgan fingerprint density at radius 2 is 2.08 bits per heavy atom. The number of nitrogens with zero attached hydrogens (tertiary/aromatic N) is 2. The Hall–Kier alpha value is -2.74. The Bertz CT molecular complexity index is 754. The predicted molar refractivity (Wildman–Crippen MR) is 89.5 cm³/mol. The Morgan fingerprint density at radius 1 is 1.32 bits per heavy atom. The summed E-state index contributed by atoms with van der Waals surface area (Å²) in [5.74, 6) is -0.174. The number of rotatable bonds is 8. The summed E-state index contributed by atoms with van der Waals surface area (Å²) >= 11 is 0. The first-order chi connectivity index (χ1) is 11.9. The van der Waals surface area contributed by atoms with Crippen LogP contribution in [0.15, 0.2) is 22.7 Å². The zero-order valence-corrected chi connectivity index (χ0v) is 14.4. The molecule has 2 N–H and O–H groups in total. The minimum atomic E-state index is -1.07. The van der Waals surface area contributed by atoms with Gasteiger partial charge in [0.2, 0.25) is 11.8 Å². The smallest absolute Gasteiger partial charge is 0.335 e. The van der Waals surface area contributed by atoms with Crippen molar-refractivity contribution in [2.24, 2.45) is 0 Å². The van der Waals surface area contributed by atoms with Crippen molar-refractivity contribution in [1.29, 1.82) is 0 Å². The van der Waals surface area contributed by atoms with Crippen molar-refractivity contribution in [3.05, 3.63) is 41.0 Å². The number of aryl methyl sites for hydroxylation is 1. The monoisotopic (exact) mass is 347 g/mol. The first kappa shape index (κ1) is 18.6. The Balaban J connectivity index is 2.00. The quantitative estimate of drug-likeness (QED) is 0.754. The number of carbonyl (C=O) groups is 2. The zero-order valence-electron chi connectivity index (χ0n) is 14.4. The van der Waals surface area contributed by atoms with Gasteiger partial charge in [0.25, 0.3) is 0 Å². The first-order valence-corrected chi connectivity index (χ1v) is 7.87. The fraction of sp³-hybridized carbons (Fsp3) is 0.412. The van der Waals surface area contributed by atoms with Crippen LogP contribution in [0.2, 0.25) is 0 Å². The van der Waals surface area contributed by atoms with Crippen LogP contribution >= 0.6 is 0 Å². The third-order valence-corrected chi connectivity index (χ3v) is 3.40. The van der Waals surface area contributed by atoms with E-state index in [2.05, 4.69) is 15.5 Å². The SMILES string of the molecule is COCc1cc(NC(=O)CCc2nc(C(C)C)no2)cc(C(=O)O)c1. The molecule has 0 aliphatic heterocycles. The van der Waals surface area contributed by atoms with Crippen molar-refractivity contribution in [3.8, 4) is 0 Å². The van der Waals surface area contributed by atoms with Crippen LogP contribution in [0.25, 0.3) is 0 Å². The lowest BCUT2D eigenvalue weighted by atomic mass is 10.1. The normalized spacial score (nSPS) is 10.9. The average molecular weight is 347 g/mol. The van der Waals surface area contributed by atoms with E-state index in [4.69, 9.17) is 14.4 Å². The molecule has 2 aromatic rings. The molecular formula is C17H21N3O5. The lowest BCUT2D eigenvalue weighted by Gasteiger charge is -2.09. The van der Waals surface area contributed by atoms with Crippen LogP contribution in [-0.2, 0) is 22.6 Å². The van der Waals surface area contributed by atoms with E-state index in [0.717, 1.165) is 0 Å². The number of benzene rings is 1. The van der Waals surface area contributed by atoms with E-state index in [9.17, 15) is 9.59 Å². The first-order valence-electron chi connectivity index (χ1n) is 7.87. The van der Waals surface area contributed by atoms with Crippen molar-refractivity contribution in [1.82, 2.24) is 10.1 Å². The molecule has 1 aromatic heterocycles. The summed E-state index contributed by atoms with van der Waals surface area (Å²) in [5.41, 5.74) is 1.16. The molecule has 0 saturated carbocycles. The number of carboxylic acid groups (broad SMARTS) is 1. The number of nitrogens with one attached hydrogen (secondary N) is 1. The van der Waals surface area contributed by atoms with Gasteiger partial charge in [-0.05, 0) is 23.8 Å². The topological polar surface area (TPSA) is 115 Å². The van der Waals surface area contributed by atoms with Gasteiger partial charge in [0.15, 0.2) is 5.82 Å². The summed E-state index contributed by atoms with van der Waals surface area (Å²) < 4.78 is 10.1. The van der Waals surface area contributed by atoms with Crippen molar-refractivity contribution in [2.45, 2.75) is 39.2 Å². The largest absolute Gasteiger partial charge is 0.478 e. The third-order valence-electron chi connectivity index (χ3n) is 3.40. The maximum absolute atomic E-state index is 12.1. The van der Waals surface area contributed by atoms with E-state index < -0.39 is 5.97 Å². The highest BCUT2D eigenvalue weighted by atomic mass is 16.5. The second kappa shape index (κ2) is 8.39. The second-order valence-corrected chi connectivity index (χ2v) is 5.91. The Labute approximate surface area is 145 Å². The summed E-state index contributed by atoms with van der Waals surface area (Å²) in [6.07, 6.45) is 0.464. The maximum Gasteiger partial charge on any atom is 0.335 e. The van der Waals surface area contributed by atoms with E-state index in [0.29, 0.717) is 29.4 Å². The molecule has 1 amide bonds. The number of amides is 1. The molecule has 25 heavy (non-hydrogen) atoms. The summed E-state index contributed by atoms with van der Waals surface area (Å²) in [7, 11) is 1.52. The van der Waals surface area contributed by atoms with E-state index in [1.165, 1.54) is 19.2 Å². The molecule has 134 valence electrons. The molecule has 0 spiro atoms.